The highest BCUT2D eigenvalue weighted by atomic mass is 35.5. The van der Waals surface area contributed by atoms with Gasteiger partial charge in [-0.2, -0.15) is 0 Å². The Kier molecular flexibility index (Phi) is 30.8. The van der Waals surface area contributed by atoms with Crippen molar-refractivity contribution in [2.45, 2.75) is 20.1 Å². The lowest BCUT2D eigenvalue weighted by Gasteiger charge is -1.82. The molecule has 0 fully saturated rings. The summed E-state index contributed by atoms with van der Waals surface area (Å²) in [5.74, 6) is 0. The lowest BCUT2D eigenvalue weighted by Crippen LogP contribution is -2.11. The standard InChI is InChI=1S/C2H7NO.C2H6O.ClH/c1-2(3)4;1-2-3;/h2,4H,3H2,1H3;3H,2H2,1H3;1H. The maximum atomic E-state index is 7.83. The number of nitrogens with two attached hydrogens (primary N) is 1. The van der Waals surface area contributed by atoms with Gasteiger partial charge in [0.2, 0.25) is 0 Å². The topological polar surface area (TPSA) is 66.5 Å². The van der Waals surface area contributed by atoms with E-state index in [9.17, 15) is 0 Å². The second-order valence-electron chi connectivity index (χ2n) is 1.06. The van der Waals surface area contributed by atoms with Gasteiger partial charge in [0.15, 0.2) is 0 Å². The van der Waals surface area contributed by atoms with E-state index in [2.05, 4.69) is 5.73 Å². The van der Waals surface area contributed by atoms with Gasteiger partial charge in [-0.25, -0.2) is 0 Å². The average Bonchev–Trinajstić information content (AvgIpc) is 1.33. The summed E-state index contributed by atoms with van der Waals surface area (Å²) in [4.78, 5) is 0. The third kappa shape index (κ3) is 5710. The molecular formula is C4H14ClNO2. The van der Waals surface area contributed by atoms with E-state index in [4.69, 9.17) is 10.2 Å². The van der Waals surface area contributed by atoms with E-state index >= 15 is 0 Å². The molecule has 0 spiro atoms. The van der Waals surface area contributed by atoms with Crippen LogP contribution in [0.25, 0.3) is 0 Å². The van der Waals surface area contributed by atoms with Crippen LogP contribution in [0.1, 0.15) is 13.8 Å². The van der Waals surface area contributed by atoms with E-state index in [0.29, 0.717) is 0 Å². The molecule has 0 bridgehead atoms. The fourth-order valence-corrected chi connectivity index (χ4v) is 0. The molecule has 1 atom stereocenters. The van der Waals surface area contributed by atoms with Crippen molar-refractivity contribution in [1.29, 1.82) is 0 Å². The molecule has 0 aliphatic carbocycles. The molecule has 0 aromatic heterocycles. The molecule has 0 aliphatic rings. The molecule has 4 N–H and O–H groups in total. The fraction of sp³-hybridized carbons (Fsp3) is 1.00. The fourth-order valence-electron chi connectivity index (χ4n) is 0. The monoisotopic (exact) mass is 143 g/mol. The van der Waals surface area contributed by atoms with Gasteiger partial charge in [0.25, 0.3) is 0 Å². The Morgan fingerprint density at radius 1 is 1.62 bits per heavy atom. The maximum Gasteiger partial charge on any atom is 0.0991 e. The van der Waals surface area contributed by atoms with Crippen LogP contribution in [-0.4, -0.2) is 23.0 Å². The minimum absolute atomic E-state index is 0. The van der Waals surface area contributed by atoms with Crippen LogP contribution in [-0.2, 0) is 0 Å². The van der Waals surface area contributed by atoms with Gasteiger partial charge < -0.3 is 15.9 Å². The van der Waals surface area contributed by atoms with E-state index < -0.39 is 6.23 Å². The summed E-state index contributed by atoms with van der Waals surface area (Å²) in [6, 6.07) is 0. The van der Waals surface area contributed by atoms with Gasteiger partial charge in [-0.3, -0.25) is 0 Å². The molecular weight excluding hydrogens is 130 g/mol. The van der Waals surface area contributed by atoms with Crippen LogP contribution in [0.4, 0.5) is 0 Å². The second-order valence-corrected chi connectivity index (χ2v) is 1.06. The molecule has 0 saturated heterocycles. The van der Waals surface area contributed by atoms with E-state index in [0.717, 1.165) is 0 Å². The summed E-state index contributed by atoms with van der Waals surface area (Å²) in [5, 5.41) is 15.4. The zero-order valence-corrected chi connectivity index (χ0v) is 5.98. The van der Waals surface area contributed by atoms with Gasteiger partial charge in [0.05, 0.1) is 6.23 Å². The molecule has 0 aromatic carbocycles. The van der Waals surface area contributed by atoms with Crippen LogP contribution in [0.2, 0.25) is 0 Å². The van der Waals surface area contributed by atoms with Crippen LogP contribution in [0, 0.1) is 0 Å². The molecule has 1 unspecified atom stereocenters. The van der Waals surface area contributed by atoms with Crippen molar-refractivity contribution >= 4 is 12.4 Å². The van der Waals surface area contributed by atoms with Gasteiger partial charge in [-0.05, 0) is 13.8 Å². The lowest BCUT2D eigenvalue weighted by molar-refractivity contribution is 0.203. The molecule has 8 heavy (non-hydrogen) atoms. The molecule has 0 aliphatic heterocycles. The quantitative estimate of drug-likeness (QED) is 0.408. The third-order valence-electron chi connectivity index (χ3n) is 0. The first-order valence-corrected chi connectivity index (χ1v) is 2.19. The Morgan fingerprint density at radius 3 is 1.62 bits per heavy atom. The summed E-state index contributed by atoms with van der Waals surface area (Å²) in [6.45, 7) is 3.43. The maximum absolute atomic E-state index is 7.83. The van der Waals surface area contributed by atoms with Crippen molar-refractivity contribution in [3.05, 3.63) is 0 Å². The third-order valence-corrected chi connectivity index (χ3v) is 0. The summed E-state index contributed by atoms with van der Waals surface area (Å²) in [7, 11) is 0. The van der Waals surface area contributed by atoms with Crippen molar-refractivity contribution in [2.24, 2.45) is 5.73 Å². The SMILES string of the molecule is CC(N)O.CCO.Cl. The van der Waals surface area contributed by atoms with Crippen molar-refractivity contribution in [3.8, 4) is 0 Å². The van der Waals surface area contributed by atoms with Gasteiger partial charge in [-0.1, -0.05) is 0 Å². The molecule has 0 heterocycles. The molecule has 0 radical (unpaired) electrons. The van der Waals surface area contributed by atoms with Crippen molar-refractivity contribution in [3.63, 3.8) is 0 Å². The highest BCUT2D eigenvalue weighted by Crippen LogP contribution is 1.50. The van der Waals surface area contributed by atoms with Crippen LogP contribution in [0.5, 0.6) is 0 Å². The number of hydrogen-bond acceptors (Lipinski definition) is 3. The first-order valence-electron chi connectivity index (χ1n) is 2.19. The smallest absolute Gasteiger partial charge is 0.0991 e. The average molecular weight is 144 g/mol. The molecule has 4 heteroatoms. The molecule has 0 saturated carbocycles. The number of halogens is 1. The Morgan fingerprint density at radius 2 is 1.62 bits per heavy atom. The molecule has 0 aromatic rings. The first-order chi connectivity index (χ1) is 3.15. The Labute approximate surface area is 55.9 Å². The van der Waals surface area contributed by atoms with Gasteiger partial charge in [-0.15, -0.1) is 12.4 Å². The summed E-state index contributed by atoms with van der Waals surface area (Å²) in [6.07, 6.45) is -0.667. The van der Waals surface area contributed by atoms with E-state index in [1.165, 1.54) is 6.92 Å². The highest BCUT2D eigenvalue weighted by molar-refractivity contribution is 5.85. The molecule has 54 valence electrons. The van der Waals surface area contributed by atoms with Gasteiger partial charge >= 0.3 is 0 Å². The van der Waals surface area contributed by atoms with E-state index in [1.807, 2.05) is 0 Å². The van der Waals surface area contributed by atoms with Gasteiger partial charge in [0, 0.05) is 6.61 Å². The number of aliphatic hydroxyl groups excluding tert-OH is 2. The highest BCUT2D eigenvalue weighted by Gasteiger charge is 1.68. The summed E-state index contributed by atoms with van der Waals surface area (Å²) >= 11 is 0. The zero-order valence-electron chi connectivity index (χ0n) is 5.16. The van der Waals surface area contributed by atoms with Crippen LogP contribution >= 0.6 is 12.4 Å². The number of rotatable bonds is 0. The predicted molar refractivity (Wildman–Crippen MR) is 35.9 cm³/mol. The predicted octanol–water partition coefficient (Wildman–Crippen LogP) is -0.296. The van der Waals surface area contributed by atoms with Crippen molar-refractivity contribution < 1.29 is 10.2 Å². The lowest BCUT2D eigenvalue weighted by atomic mass is 10.7. The van der Waals surface area contributed by atoms with Crippen molar-refractivity contribution in [2.75, 3.05) is 6.61 Å². The Bertz CT molecular complexity index is 25.2. The molecule has 0 rings (SSSR count). The summed E-state index contributed by atoms with van der Waals surface area (Å²) < 4.78 is 0. The Balaban J connectivity index is -0.0000000575. The normalized spacial score (nSPS) is 10.1. The minimum atomic E-state index is -0.667. The van der Waals surface area contributed by atoms with Crippen LogP contribution < -0.4 is 5.73 Å². The van der Waals surface area contributed by atoms with E-state index in [1.54, 1.807) is 6.92 Å². The largest absolute Gasteiger partial charge is 0.397 e. The molecule has 3 nitrogen and oxygen atoms in total. The first kappa shape index (κ1) is 15.7. The second kappa shape index (κ2) is 15.7. The number of hydrogen-bond donors (Lipinski definition) is 3. The Hall–Kier alpha value is 0.170. The van der Waals surface area contributed by atoms with Crippen LogP contribution in [0.15, 0.2) is 0 Å². The van der Waals surface area contributed by atoms with Gasteiger partial charge in [0.1, 0.15) is 0 Å². The summed E-state index contributed by atoms with van der Waals surface area (Å²) in [5.41, 5.74) is 4.67. The number of aliphatic hydroxyl groups is 2. The van der Waals surface area contributed by atoms with Crippen LogP contribution in [0.3, 0.4) is 0 Å². The van der Waals surface area contributed by atoms with Crippen molar-refractivity contribution in [1.82, 2.24) is 0 Å². The molecule has 0 amide bonds. The van der Waals surface area contributed by atoms with E-state index in [-0.39, 0.29) is 19.0 Å². The minimum Gasteiger partial charge on any atom is -0.397 e. The zero-order chi connectivity index (χ0) is 6.28.